The number of aliphatic hydroxyl groups is 6. The van der Waals surface area contributed by atoms with E-state index in [2.05, 4.69) is 0 Å². The highest BCUT2D eigenvalue weighted by Gasteiger charge is 2.70. The topological polar surface area (TPSA) is 493 Å². The van der Waals surface area contributed by atoms with Gasteiger partial charge in [-0.15, -0.1) is 0 Å². The minimum absolute atomic E-state index is 0.0616. The van der Waals surface area contributed by atoms with E-state index in [-0.39, 0.29) is 88.5 Å². The van der Waals surface area contributed by atoms with Gasteiger partial charge in [0.1, 0.15) is 132 Å². The van der Waals surface area contributed by atoms with Crippen molar-refractivity contribution >= 4 is 35.1 Å². The average Bonchev–Trinajstić information content (AvgIpc) is 1.56. The first-order chi connectivity index (χ1) is 52.0. The van der Waals surface area contributed by atoms with E-state index in [1.165, 1.54) is 69.1 Å². The van der Waals surface area contributed by atoms with Crippen molar-refractivity contribution in [1.82, 2.24) is 5.23 Å². The van der Waals surface area contributed by atoms with Crippen LogP contribution >= 0.6 is 23.2 Å². The highest BCUT2D eigenvalue weighted by molar-refractivity contribution is 6.39. The number of aromatic hydroxyl groups is 3. The third-order valence-corrected chi connectivity index (χ3v) is 23.1. The Morgan fingerprint density at radius 3 is 1.98 bits per heavy atom. The summed E-state index contributed by atoms with van der Waals surface area (Å²) in [5.74, 6) is -7.57. The molecule has 11 saturated heterocycles. The number of rotatable bonds is 20. The monoisotopic (exact) mass is 1620 g/mol. The van der Waals surface area contributed by atoms with Crippen LogP contribution in [0.2, 0.25) is 10.0 Å². The van der Waals surface area contributed by atoms with Crippen molar-refractivity contribution in [3.05, 3.63) is 49.6 Å². The summed E-state index contributed by atoms with van der Waals surface area (Å²) in [7, 11) is 5.18. The zero-order chi connectivity index (χ0) is 79.4. The number of hydrogen-bond acceptors (Lipinski definition) is 39. The predicted octanol–water partition coefficient (Wildman–Crippen LogP) is 0.520. The highest BCUT2D eigenvalue weighted by Crippen LogP contribution is 2.53. The molecule has 0 aromatic heterocycles. The van der Waals surface area contributed by atoms with Crippen molar-refractivity contribution in [3.8, 4) is 23.0 Å². The molecule has 11 heterocycles. The van der Waals surface area contributed by atoms with Crippen LogP contribution in [0.15, 0.2) is 12.1 Å². The number of hydroxylamine groups is 2. The Balaban J connectivity index is 0.643. The lowest BCUT2D eigenvalue weighted by molar-refractivity contribution is -0.415. The van der Waals surface area contributed by atoms with Gasteiger partial charge in [0, 0.05) is 40.2 Å². The number of benzene rings is 2. The van der Waals surface area contributed by atoms with Crippen LogP contribution in [0.5, 0.6) is 23.0 Å². The maximum atomic E-state index is 14.2. The summed E-state index contributed by atoms with van der Waals surface area (Å²) < 4.78 is 154. The van der Waals surface area contributed by atoms with Crippen molar-refractivity contribution in [1.29, 1.82) is 0 Å². The van der Waals surface area contributed by atoms with Crippen molar-refractivity contribution in [2.75, 3.05) is 55.1 Å². The maximum Gasteiger partial charge on any atom is 0.342 e. The molecule has 11 aliphatic heterocycles. The van der Waals surface area contributed by atoms with Crippen LogP contribution in [-0.2, 0) is 114 Å². The van der Waals surface area contributed by atoms with E-state index in [4.69, 9.17) is 142 Å². The maximum absolute atomic E-state index is 14.2. The van der Waals surface area contributed by atoms with Gasteiger partial charge in [-0.2, -0.15) is 0 Å². The summed E-state index contributed by atoms with van der Waals surface area (Å²) >= 11 is 12.8. The van der Waals surface area contributed by atoms with Gasteiger partial charge in [0.15, 0.2) is 67.6 Å². The van der Waals surface area contributed by atoms with Crippen molar-refractivity contribution in [3.63, 3.8) is 0 Å². The van der Waals surface area contributed by atoms with E-state index in [1.54, 1.807) is 27.7 Å². The number of halogens is 2. The second-order valence-electron chi connectivity index (χ2n) is 29.7. The first-order valence-corrected chi connectivity index (χ1v) is 36.7. The highest BCUT2D eigenvalue weighted by atomic mass is 35.5. The molecule has 2 aromatic rings. The van der Waals surface area contributed by atoms with Gasteiger partial charge < -0.3 is 175 Å². The Kier molecular flexibility index (Phi) is 25.0. The van der Waals surface area contributed by atoms with Crippen LogP contribution in [0.25, 0.3) is 0 Å². The SMILES string of the molecule is COC[C@H]1O[C@@H](O[C@@H]2OC[C@@H]3O[C@@]4(OC[C@@H](OC(=O)c5c(C)cc(O)cc5O)[C@@H]5OCO[C@H]54)O[C@H]3[C@H]2O)[C@@H](OC)[C@@H](O)[C@@H]1O[C@@H]1O[C@H](C)[C@H](OC)[C@H](O[C@@H]2O[C@H](C)[C@H]3O[C@]4(C[C@@H](O)[C@H](O[C@H]5C[C@@H](O[C@H]6C[C@](C)(N([O-])O)[C@@H](O)[C@H](C)O6)[C@H](OC(=O)c6c(C)c(Cl)c(O)c(Cl)c6OC)[C@@H](C)O5)[C@@H](C)O4)O[C@]3(C)[C@@H]2O)[C@H]1O. The smallest absolute Gasteiger partial charge is 0.342 e. The largest absolute Gasteiger partial charge is 0.762 e. The van der Waals surface area contributed by atoms with Crippen LogP contribution < -0.4 is 4.74 Å². The Hall–Kier alpha value is -4.08. The number of fused-ring (bicyclic) bond motifs is 4. The number of phenolic OH excluding ortho intramolecular Hbond substituents is 3. The number of aliphatic hydroxyl groups excluding tert-OH is 6. The van der Waals surface area contributed by atoms with Crippen LogP contribution in [0.3, 0.4) is 0 Å². The molecule has 110 heavy (non-hydrogen) atoms. The lowest BCUT2D eigenvalue weighted by Gasteiger charge is -2.52. The molecule has 2 aromatic carbocycles. The molecule has 13 rings (SSSR count). The van der Waals surface area contributed by atoms with E-state index in [0.29, 0.717) is 0 Å². The molecule has 2 spiro atoms. The summed E-state index contributed by atoms with van der Waals surface area (Å²) in [5.41, 5.74) is -3.68. The normalized spacial score (nSPS) is 46.1. The van der Waals surface area contributed by atoms with Crippen LogP contribution in [0.4, 0.5) is 0 Å². The Labute approximate surface area is 639 Å². The molecular formula is C69H96Cl2NO38-. The molecule has 0 bridgehead atoms. The summed E-state index contributed by atoms with van der Waals surface area (Å²) in [5, 5.41) is 125. The van der Waals surface area contributed by atoms with Gasteiger partial charge in [-0.3, -0.25) is 5.23 Å². The lowest BCUT2D eigenvalue weighted by atomic mass is 9.85. The molecule has 39 nitrogen and oxygen atoms in total. The third kappa shape index (κ3) is 15.3. The van der Waals surface area contributed by atoms with Gasteiger partial charge in [-0.05, 0) is 79.5 Å². The fourth-order valence-electron chi connectivity index (χ4n) is 16.6. The van der Waals surface area contributed by atoms with Gasteiger partial charge in [-0.25, -0.2) is 9.59 Å². The van der Waals surface area contributed by atoms with Crippen molar-refractivity contribution in [2.45, 2.75) is 295 Å². The summed E-state index contributed by atoms with van der Waals surface area (Å²) in [6.07, 6.45) is -41.8. The van der Waals surface area contributed by atoms with Crippen molar-refractivity contribution in [2.24, 2.45) is 0 Å². The molecule has 41 heteroatoms. The average molecular weight is 1620 g/mol. The number of phenols is 3. The standard InChI is InChI=1S/C69H96Cl2NO38/c1-23-14-30(73)15-31(74)39(23)60(82)99-35-21-93-69(59-52(35)91-22-92-59)107-36-20-90-62(45(78)51(36)108-69)105-64-55(89-13)44(77)50(34(100-64)19-86-10)103-63-46(79)54(49(87-11)26(4)96-63)104-65-57(81)67(9)58(29(7)97-65)109-68(110-67)17-32(75)47(27(5)106-68)101-37-16-33(98-38-18-66(8,72(84)85)56(80)28(6)95-38)48(25(3)94-37)102-61(83)40-24(2)41(70)43(76)42(71)53(40)88-12/h14-15,25-29,32-38,44-52,54-59,62-65,73-81,84H,16-22H2,1-13H3/q-1/t25-,26-,27-,28+,29-,32-,33-,34-,35-,36+,37+,38+,44+,45-,46-,47-,48-,49+,50-,51-,52+,54-,55+,56+,57-,58-,59-,62+,63+,64+,65+,66+,67-,68-,69-/m1/s1. The Morgan fingerprint density at radius 2 is 1.30 bits per heavy atom. The molecule has 0 aliphatic carbocycles. The number of methoxy groups -OCH3 is 4. The van der Waals surface area contributed by atoms with E-state index in [9.17, 15) is 66.0 Å². The molecule has 11 fully saturated rings. The first kappa shape index (κ1) is 83.9. The summed E-state index contributed by atoms with van der Waals surface area (Å²) in [6, 6.07) is 2.28. The lowest BCUT2D eigenvalue weighted by Crippen LogP contribution is -2.68. The second kappa shape index (κ2) is 32.8. The number of carbonyl (C=O) groups excluding carboxylic acids is 2. The second-order valence-corrected chi connectivity index (χ2v) is 30.4. The van der Waals surface area contributed by atoms with Gasteiger partial charge in [0.25, 0.3) is 5.97 Å². The van der Waals surface area contributed by atoms with Crippen LogP contribution in [0.1, 0.15) is 99.6 Å². The molecular weight excluding hydrogens is 1520 g/mol. The van der Waals surface area contributed by atoms with E-state index >= 15 is 0 Å². The number of hydrogen-bond donors (Lipinski definition) is 10. The quantitative estimate of drug-likeness (QED) is 0.0638. The minimum atomic E-state index is -2.07. The van der Waals surface area contributed by atoms with Gasteiger partial charge in [0.05, 0.1) is 86.6 Å². The molecule has 0 radical (unpaired) electrons. The van der Waals surface area contributed by atoms with E-state index < -0.39 is 243 Å². The number of esters is 2. The first-order valence-electron chi connectivity index (χ1n) is 36.0. The van der Waals surface area contributed by atoms with Gasteiger partial charge in [0.2, 0.25) is 0 Å². The Bertz CT molecular complexity index is 3560. The minimum Gasteiger partial charge on any atom is -0.762 e. The molecule has 0 unspecified atom stereocenters. The predicted molar refractivity (Wildman–Crippen MR) is 358 cm³/mol. The summed E-state index contributed by atoms with van der Waals surface area (Å²) in [6.45, 7) is 12.4. The third-order valence-electron chi connectivity index (χ3n) is 22.3. The molecule has 0 amide bonds. The van der Waals surface area contributed by atoms with E-state index in [0.717, 1.165) is 6.07 Å². The Morgan fingerprint density at radius 1 is 0.609 bits per heavy atom. The molecule has 0 saturated carbocycles. The molecule has 11 aliphatic rings. The van der Waals surface area contributed by atoms with Crippen LogP contribution in [-0.4, -0.2) is 337 Å². The van der Waals surface area contributed by atoms with Crippen molar-refractivity contribution < 1.29 is 179 Å². The number of aryl methyl sites for hydroxylation is 1. The number of ether oxygens (including phenoxy) is 25. The molecule has 35 atom stereocenters. The number of carbonyl (C=O) groups is 2. The van der Waals surface area contributed by atoms with Gasteiger partial charge >= 0.3 is 17.9 Å². The number of nitrogens with zero attached hydrogens (tertiary/aromatic N) is 1. The van der Waals surface area contributed by atoms with Crippen LogP contribution in [0, 0.1) is 19.1 Å². The van der Waals surface area contributed by atoms with Gasteiger partial charge in [-0.1, -0.05) is 23.2 Å². The van der Waals surface area contributed by atoms with E-state index in [1.807, 2.05) is 0 Å². The molecule has 620 valence electrons. The zero-order valence-corrected chi connectivity index (χ0v) is 63.6. The fourth-order valence-corrected chi connectivity index (χ4v) is 17.1. The summed E-state index contributed by atoms with van der Waals surface area (Å²) in [4.78, 5) is 27.6. The molecule has 10 N–H and O–H groups in total. The zero-order valence-electron chi connectivity index (χ0n) is 62.1. The fraction of sp³-hybridized carbons (Fsp3) is 0.797.